The van der Waals surface area contributed by atoms with E-state index in [0.29, 0.717) is 0 Å². The van der Waals surface area contributed by atoms with E-state index in [-0.39, 0.29) is 0 Å². The normalized spacial score (nSPS) is 11.1. The summed E-state index contributed by atoms with van der Waals surface area (Å²) in [5.74, 6) is 0. The van der Waals surface area contributed by atoms with E-state index >= 15 is 0 Å². The molecule has 122 valence electrons. The Morgan fingerprint density at radius 3 is 2.26 bits per heavy atom. The van der Waals surface area contributed by atoms with Gasteiger partial charge in [0.1, 0.15) is 0 Å². The van der Waals surface area contributed by atoms with Crippen molar-refractivity contribution in [3.63, 3.8) is 0 Å². The molecule has 0 fully saturated rings. The first-order chi connectivity index (χ1) is 11.3. The van der Waals surface area contributed by atoms with E-state index in [1.807, 2.05) is 11.3 Å². The Labute approximate surface area is 145 Å². The number of hydrogen-bond acceptors (Lipinski definition) is 1. The van der Waals surface area contributed by atoms with Crippen LogP contribution in [0.15, 0.2) is 41.8 Å². The monoisotopic (exact) mass is 326 g/mol. The molecule has 0 unspecified atom stereocenters. The molecule has 0 aliphatic heterocycles. The molecule has 0 saturated carbocycles. The molecule has 23 heavy (non-hydrogen) atoms. The number of unbranched alkanes of at least 4 members (excludes halogenated alkanes) is 1. The largest absolute Gasteiger partial charge is 0.372 e. The Bertz CT molecular complexity index is 612. The Kier molecular flexibility index (Phi) is 7.28. The maximum Gasteiger partial charge on any atom is 0.214 e. The van der Waals surface area contributed by atoms with Gasteiger partial charge in [-0.05, 0) is 43.5 Å². The minimum atomic E-state index is 1.05. The molecular weight excluding hydrogens is 298 g/mol. The third-order valence-corrected chi connectivity index (χ3v) is 4.97. The van der Waals surface area contributed by atoms with Gasteiger partial charge in [-0.25, -0.2) is 0 Å². The lowest BCUT2D eigenvalue weighted by molar-refractivity contribution is 0.803. The lowest BCUT2D eigenvalue weighted by Crippen LogP contribution is -2.21. The van der Waals surface area contributed by atoms with Crippen LogP contribution in [0.3, 0.4) is 0 Å². The van der Waals surface area contributed by atoms with E-state index < -0.39 is 0 Å². The Balaban J connectivity index is 2.05. The maximum atomic E-state index is 2.37. The Morgan fingerprint density at radius 1 is 0.913 bits per heavy atom. The molecule has 2 rings (SSSR count). The van der Waals surface area contributed by atoms with E-state index in [1.165, 1.54) is 41.0 Å². The molecule has 2 heteroatoms. The molecule has 0 amide bonds. The molecule has 1 aromatic heterocycles. The topological polar surface area (TPSA) is 3.24 Å². The van der Waals surface area contributed by atoms with E-state index in [0.717, 1.165) is 13.1 Å². The second-order valence-electron chi connectivity index (χ2n) is 5.73. The van der Waals surface area contributed by atoms with E-state index in [9.17, 15) is 0 Å². The molecule has 0 aliphatic carbocycles. The highest BCUT2D eigenvalue weighted by Crippen LogP contribution is 2.18. The van der Waals surface area contributed by atoms with Crippen molar-refractivity contribution < 1.29 is 0 Å². The number of rotatable bonds is 8. The fraction of sp³-hybridized carbons (Fsp3) is 0.381. The summed E-state index contributed by atoms with van der Waals surface area (Å²) < 4.78 is 0. The number of anilines is 1. The zero-order valence-corrected chi connectivity index (χ0v) is 15.4. The molecular formula is C21H28NS+. The van der Waals surface area contributed by atoms with Gasteiger partial charge in [0.15, 0.2) is 5.38 Å². The summed E-state index contributed by atoms with van der Waals surface area (Å²) in [6.07, 6.45) is 8.15. The minimum Gasteiger partial charge on any atom is -0.372 e. The molecule has 0 saturated heterocycles. The first-order valence-corrected chi connectivity index (χ1v) is 9.58. The van der Waals surface area contributed by atoms with Crippen LogP contribution >= 0.6 is 11.3 Å². The Hall–Kier alpha value is -1.67. The predicted octanol–water partition coefficient (Wildman–Crippen LogP) is 6.39. The molecule has 0 spiro atoms. The minimum absolute atomic E-state index is 1.05. The van der Waals surface area contributed by atoms with Gasteiger partial charge in [0.05, 0.1) is 0 Å². The van der Waals surface area contributed by atoms with Gasteiger partial charge in [-0.15, -0.1) is 0 Å². The van der Waals surface area contributed by atoms with Gasteiger partial charge in [-0.1, -0.05) is 37.6 Å². The maximum absolute atomic E-state index is 2.37. The van der Waals surface area contributed by atoms with Crippen molar-refractivity contribution in [3.05, 3.63) is 57.8 Å². The van der Waals surface area contributed by atoms with Gasteiger partial charge in [-0.3, -0.25) is 0 Å². The summed E-state index contributed by atoms with van der Waals surface area (Å²) in [6, 6.07) is 13.3. The molecule has 0 radical (unpaired) electrons. The fourth-order valence-corrected chi connectivity index (χ4v) is 3.50. The SMILES string of the molecule is CCCCc1cc(C=Cc2ccc(N(CC)CC)cc2)cc[s+]1. The average molecular weight is 327 g/mol. The summed E-state index contributed by atoms with van der Waals surface area (Å²) in [5, 5.41) is 2.20. The first-order valence-electron chi connectivity index (χ1n) is 8.70. The number of hydrogen-bond donors (Lipinski definition) is 0. The zero-order chi connectivity index (χ0) is 16.5. The highest BCUT2D eigenvalue weighted by atomic mass is 32.1. The third-order valence-electron chi connectivity index (χ3n) is 4.07. The molecule has 1 nitrogen and oxygen atoms in total. The van der Waals surface area contributed by atoms with Crippen molar-refractivity contribution in [3.8, 4) is 0 Å². The zero-order valence-electron chi connectivity index (χ0n) is 14.6. The van der Waals surface area contributed by atoms with Crippen molar-refractivity contribution in [1.29, 1.82) is 0 Å². The van der Waals surface area contributed by atoms with E-state index in [1.54, 1.807) is 0 Å². The molecule has 1 aromatic carbocycles. The van der Waals surface area contributed by atoms with Crippen molar-refractivity contribution in [1.82, 2.24) is 0 Å². The molecule has 1 heterocycles. The van der Waals surface area contributed by atoms with Crippen LogP contribution in [-0.2, 0) is 6.42 Å². The molecule has 2 aromatic rings. The predicted molar refractivity (Wildman–Crippen MR) is 106 cm³/mol. The molecule has 0 bridgehead atoms. The van der Waals surface area contributed by atoms with Crippen LogP contribution in [0, 0.1) is 0 Å². The lowest BCUT2D eigenvalue weighted by atomic mass is 10.1. The van der Waals surface area contributed by atoms with E-state index in [2.05, 4.69) is 79.6 Å². The molecule has 0 aliphatic rings. The van der Waals surface area contributed by atoms with Crippen LogP contribution in [0.25, 0.3) is 12.2 Å². The molecule has 0 N–H and O–H groups in total. The van der Waals surface area contributed by atoms with Gasteiger partial charge in [0, 0.05) is 37.3 Å². The van der Waals surface area contributed by atoms with Gasteiger partial charge < -0.3 is 4.90 Å². The van der Waals surface area contributed by atoms with Crippen molar-refractivity contribution in [2.75, 3.05) is 18.0 Å². The highest BCUT2D eigenvalue weighted by Gasteiger charge is 2.05. The summed E-state index contributed by atoms with van der Waals surface area (Å²) in [4.78, 5) is 3.84. The second-order valence-corrected chi connectivity index (χ2v) is 6.76. The third kappa shape index (κ3) is 5.47. The van der Waals surface area contributed by atoms with Crippen LogP contribution in [0.1, 0.15) is 49.6 Å². The second kappa shape index (κ2) is 9.46. The van der Waals surface area contributed by atoms with Gasteiger partial charge in [0.25, 0.3) is 0 Å². The van der Waals surface area contributed by atoms with Crippen molar-refractivity contribution >= 4 is 29.2 Å². The number of nitrogens with zero attached hydrogens (tertiary/aromatic N) is 1. The van der Waals surface area contributed by atoms with Crippen LogP contribution < -0.4 is 4.90 Å². The fourth-order valence-electron chi connectivity index (χ4n) is 2.63. The van der Waals surface area contributed by atoms with Crippen LogP contribution in [-0.4, -0.2) is 13.1 Å². The van der Waals surface area contributed by atoms with Crippen molar-refractivity contribution in [2.24, 2.45) is 0 Å². The summed E-state index contributed by atoms with van der Waals surface area (Å²) in [6.45, 7) is 8.75. The lowest BCUT2D eigenvalue weighted by Gasteiger charge is -2.20. The standard InChI is InChI=1S/C21H28NS/c1-4-7-8-21-17-19(15-16-23-21)10-9-18-11-13-20(14-12-18)22(5-2)6-3/h9-17H,4-8H2,1-3H3/q+1. The average Bonchev–Trinajstić information content (AvgIpc) is 2.60. The quantitative estimate of drug-likeness (QED) is 0.508. The van der Waals surface area contributed by atoms with Gasteiger partial charge >= 0.3 is 0 Å². The number of aryl methyl sites for hydroxylation is 1. The summed E-state index contributed by atoms with van der Waals surface area (Å²) in [5.41, 5.74) is 3.85. The van der Waals surface area contributed by atoms with Crippen LogP contribution in [0.5, 0.6) is 0 Å². The van der Waals surface area contributed by atoms with Gasteiger partial charge in [-0.2, -0.15) is 0 Å². The highest BCUT2D eigenvalue weighted by molar-refractivity contribution is 7.09. The summed E-state index contributed by atoms with van der Waals surface area (Å²) >= 11 is 1.86. The van der Waals surface area contributed by atoms with Gasteiger partial charge in [0.2, 0.25) is 16.2 Å². The van der Waals surface area contributed by atoms with Crippen LogP contribution in [0.2, 0.25) is 0 Å². The molecule has 0 atom stereocenters. The Morgan fingerprint density at radius 2 is 1.61 bits per heavy atom. The van der Waals surface area contributed by atoms with E-state index in [4.69, 9.17) is 0 Å². The summed E-state index contributed by atoms with van der Waals surface area (Å²) in [7, 11) is 0. The van der Waals surface area contributed by atoms with Crippen LogP contribution in [0.4, 0.5) is 5.69 Å². The smallest absolute Gasteiger partial charge is 0.214 e. The van der Waals surface area contributed by atoms with Crippen molar-refractivity contribution in [2.45, 2.75) is 40.0 Å². The number of benzene rings is 1. The first kappa shape index (κ1) is 17.7.